The van der Waals surface area contributed by atoms with Gasteiger partial charge in [0.05, 0.1) is 11.2 Å². The lowest BCUT2D eigenvalue weighted by Gasteiger charge is -2.32. The molecule has 144 valence electrons. The van der Waals surface area contributed by atoms with Gasteiger partial charge in [0.15, 0.2) is 0 Å². The highest BCUT2D eigenvalue weighted by atomic mass is 32.1. The second kappa shape index (κ2) is 8.23. The second-order valence-corrected chi connectivity index (χ2v) is 8.43. The molecule has 3 aromatic rings. The highest BCUT2D eigenvalue weighted by molar-refractivity contribution is 7.11. The number of carbonyl (C=O) groups excluding carboxylic acids is 1. The summed E-state index contributed by atoms with van der Waals surface area (Å²) in [5, 5.41) is 0. The fourth-order valence-electron chi connectivity index (χ4n) is 3.91. The molecule has 28 heavy (non-hydrogen) atoms. The summed E-state index contributed by atoms with van der Waals surface area (Å²) in [7, 11) is 0. The van der Waals surface area contributed by atoms with E-state index in [1.54, 1.807) is 5.51 Å². The van der Waals surface area contributed by atoms with Crippen molar-refractivity contribution >= 4 is 17.2 Å². The minimum absolute atomic E-state index is 0.112. The average molecular weight is 392 g/mol. The smallest absolute Gasteiger partial charge is 0.265 e. The van der Waals surface area contributed by atoms with Crippen LogP contribution in [-0.4, -0.2) is 33.9 Å². The van der Waals surface area contributed by atoms with Gasteiger partial charge in [-0.05, 0) is 44.4 Å². The number of amides is 1. The third kappa shape index (κ3) is 4.14. The van der Waals surface area contributed by atoms with Gasteiger partial charge in [-0.15, -0.1) is 11.3 Å². The number of aryl methyl sites for hydroxylation is 2. The number of rotatable bonds is 4. The molecule has 0 saturated carbocycles. The molecular formula is C23H25N3OS. The molecule has 1 aliphatic rings. The molecule has 1 aliphatic heterocycles. The van der Waals surface area contributed by atoms with Crippen LogP contribution in [0.15, 0.2) is 48.0 Å². The van der Waals surface area contributed by atoms with Gasteiger partial charge in [-0.25, -0.2) is 4.98 Å². The van der Waals surface area contributed by atoms with Crippen LogP contribution in [0.1, 0.15) is 56.6 Å². The summed E-state index contributed by atoms with van der Waals surface area (Å²) in [6.07, 6.45) is 2.93. The second-order valence-electron chi connectivity index (χ2n) is 7.58. The van der Waals surface area contributed by atoms with Gasteiger partial charge in [-0.1, -0.05) is 35.9 Å². The highest BCUT2D eigenvalue weighted by Crippen LogP contribution is 2.28. The topological polar surface area (TPSA) is 46.1 Å². The molecule has 0 radical (unpaired) electrons. The summed E-state index contributed by atoms with van der Waals surface area (Å²) in [6, 6.07) is 14.9. The van der Waals surface area contributed by atoms with Crippen molar-refractivity contribution in [1.82, 2.24) is 14.9 Å². The molecule has 4 rings (SSSR count). The maximum Gasteiger partial charge on any atom is 0.265 e. The van der Waals surface area contributed by atoms with Crippen molar-refractivity contribution in [2.75, 3.05) is 13.1 Å². The summed E-state index contributed by atoms with van der Waals surface area (Å²) in [6.45, 7) is 5.57. The lowest BCUT2D eigenvalue weighted by molar-refractivity contribution is 0.0710. The van der Waals surface area contributed by atoms with Gasteiger partial charge in [0.25, 0.3) is 5.91 Å². The SMILES string of the molecule is Cc1cccc(Cc2cccc([C@H]3CCCN(C(=O)c4scnc4C)C3)n2)c1. The first-order valence-electron chi connectivity index (χ1n) is 9.81. The van der Waals surface area contributed by atoms with Crippen molar-refractivity contribution in [3.05, 3.63) is 81.1 Å². The molecule has 0 N–H and O–H groups in total. The molecule has 5 heteroatoms. The van der Waals surface area contributed by atoms with E-state index in [9.17, 15) is 4.79 Å². The van der Waals surface area contributed by atoms with Crippen LogP contribution < -0.4 is 0 Å². The van der Waals surface area contributed by atoms with Crippen molar-refractivity contribution in [3.63, 3.8) is 0 Å². The number of aromatic nitrogens is 2. The Hall–Kier alpha value is -2.53. The Balaban J connectivity index is 1.49. The van der Waals surface area contributed by atoms with Crippen LogP contribution in [0.3, 0.4) is 0 Å². The van der Waals surface area contributed by atoms with Gasteiger partial charge < -0.3 is 4.90 Å². The number of benzene rings is 1. The number of pyridine rings is 1. The Morgan fingerprint density at radius 2 is 2.07 bits per heavy atom. The van der Waals surface area contributed by atoms with Gasteiger partial charge in [0.2, 0.25) is 0 Å². The van der Waals surface area contributed by atoms with Gasteiger partial charge in [0, 0.05) is 36.8 Å². The first-order valence-corrected chi connectivity index (χ1v) is 10.7. The predicted octanol–water partition coefficient (Wildman–Crippen LogP) is 4.77. The quantitative estimate of drug-likeness (QED) is 0.644. The number of nitrogens with zero attached hydrogens (tertiary/aromatic N) is 3. The van der Waals surface area contributed by atoms with E-state index in [1.807, 2.05) is 11.8 Å². The van der Waals surface area contributed by atoms with Crippen LogP contribution in [0.4, 0.5) is 0 Å². The van der Waals surface area contributed by atoms with Crippen LogP contribution in [0.5, 0.6) is 0 Å². The maximum absolute atomic E-state index is 12.9. The van der Waals surface area contributed by atoms with E-state index in [4.69, 9.17) is 4.98 Å². The van der Waals surface area contributed by atoms with E-state index < -0.39 is 0 Å². The molecule has 1 fully saturated rings. The number of thiazole rings is 1. The standard InChI is InChI=1S/C23H25N3OS/c1-16-6-3-7-18(12-16)13-20-9-4-10-21(25-20)19-8-5-11-26(14-19)23(27)22-17(2)24-15-28-22/h3-4,6-7,9-10,12,15,19H,5,8,11,13-14H2,1-2H3/t19-/m0/s1. The van der Waals surface area contributed by atoms with Crippen molar-refractivity contribution in [2.24, 2.45) is 0 Å². The Morgan fingerprint density at radius 1 is 1.21 bits per heavy atom. The molecule has 1 amide bonds. The summed E-state index contributed by atoms with van der Waals surface area (Å²) in [5.41, 5.74) is 7.32. The molecule has 2 aromatic heterocycles. The van der Waals surface area contributed by atoms with Crippen molar-refractivity contribution in [1.29, 1.82) is 0 Å². The van der Waals surface area contributed by atoms with Crippen molar-refractivity contribution < 1.29 is 4.79 Å². The molecule has 0 unspecified atom stereocenters. The first-order chi connectivity index (χ1) is 13.6. The zero-order valence-electron chi connectivity index (χ0n) is 16.4. The number of hydrogen-bond donors (Lipinski definition) is 0. The molecule has 0 aliphatic carbocycles. The van der Waals surface area contributed by atoms with E-state index in [1.165, 1.54) is 22.5 Å². The molecular weight excluding hydrogens is 366 g/mol. The van der Waals surface area contributed by atoms with E-state index in [0.29, 0.717) is 5.92 Å². The molecule has 0 spiro atoms. The summed E-state index contributed by atoms with van der Waals surface area (Å²) < 4.78 is 0. The van der Waals surface area contributed by atoms with E-state index in [-0.39, 0.29) is 5.91 Å². The van der Waals surface area contributed by atoms with Crippen LogP contribution in [0, 0.1) is 13.8 Å². The van der Waals surface area contributed by atoms with Crippen LogP contribution in [0.25, 0.3) is 0 Å². The molecule has 3 heterocycles. The zero-order chi connectivity index (χ0) is 19.5. The number of piperidine rings is 1. The maximum atomic E-state index is 12.9. The summed E-state index contributed by atoms with van der Waals surface area (Å²) in [4.78, 5) is 24.8. The fourth-order valence-corrected chi connectivity index (χ4v) is 4.68. The van der Waals surface area contributed by atoms with Crippen LogP contribution in [-0.2, 0) is 6.42 Å². The Kier molecular flexibility index (Phi) is 5.53. The molecule has 1 saturated heterocycles. The fraction of sp³-hybridized carbons (Fsp3) is 0.348. The molecule has 1 atom stereocenters. The minimum Gasteiger partial charge on any atom is -0.337 e. The van der Waals surface area contributed by atoms with Gasteiger partial charge >= 0.3 is 0 Å². The Labute approximate surface area is 170 Å². The van der Waals surface area contributed by atoms with E-state index in [0.717, 1.165) is 54.3 Å². The minimum atomic E-state index is 0.112. The Bertz CT molecular complexity index is 981. The molecule has 1 aromatic carbocycles. The summed E-state index contributed by atoms with van der Waals surface area (Å²) in [5.74, 6) is 0.406. The normalized spacial score (nSPS) is 16.9. The predicted molar refractivity (Wildman–Crippen MR) is 113 cm³/mol. The summed E-state index contributed by atoms with van der Waals surface area (Å²) >= 11 is 1.44. The third-order valence-electron chi connectivity index (χ3n) is 5.36. The molecule has 4 nitrogen and oxygen atoms in total. The van der Waals surface area contributed by atoms with Crippen molar-refractivity contribution in [2.45, 2.75) is 39.0 Å². The Morgan fingerprint density at radius 3 is 2.86 bits per heavy atom. The average Bonchev–Trinajstić information content (AvgIpc) is 3.14. The van der Waals surface area contributed by atoms with Crippen LogP contribution in [0.2, 0.25) is 0 Å². The molecule has 0 bridgehead atoms. The number of carbonyl (C=O) groups is 1. The largest absolute Gasteiger partial charge is 0.337 e. The number of likely N-dealkylation sites (tertiary alicyclic amines) is 1. The van der Waals surface area contributed by atoms with E-state index in [2.05, 4.69) is 54.4 Å². The van der Waals surface area contributed by atoms with Crippen molar-refractivity contribution in [3.8, 4) is 0 Å². The first kappa shape index (κ1) is 18.8. The van der Waals surface area contributed by atoms with Gasteiger partial charge in [-0.2, -0.15) is 0 Å². The monoisotopic (exact) mass is 391 g/mol. The zero-order valence-corrected chi connectivity index (χ0v) is 17.2. The lowest BCUT2D eigenvalue weighted by atomic mass is 9.93. The van der Waals surface area contributed by atoms with Crippen LogP contribution >= 0.6 is 11.3 Å². The van der Waals surface area contributed by atoms with Gasteiger partial charge in [-0.3, -0.25) is 9.78 Å². The highest BCUT2D eigenvalue weighted by Gasteiger charge is 2.28. The van der Waals surface area contributed by atoms with E-state index >= 15 is 0 Å². The number of hydrogen-bond acceptors (Lipinski definition) is 4. The van der Waals surface area contributed by atoms with Gasteiger partial charge in [0.1, 0.15) is 4.88 Å². The lowest BCUT2D eigenvalue weighted by Crippen LogP contribution is -2.39. The third-order valence-corrected chi connectivity index (χ3v) is 6.28.